The molecule has 1 N–H and O–H groups in total. The zero-order valence-electron chi connectivity index (χ0n) is 17.7. The largest absolute Gasteiger partial charge is 0.496 e. The first-order valence-electron chi connectivity index (χ1n) is 10.7. The van der Waals surface area contributed by atoms with E-state index in [0.29, 0.717) is 36.3 Å². The van der Waals surface area contributed by atoms with Crippen molar-refractivity contribution in [1.29, 1.82) is 0 Å². The molecule has 3 heterocycles. The summed E-state index contributed by atoms with van der Waals surface area (Å²) in [7, 11) is 3.33. The fraction of sp³-hybridized carbons (Fsp3) is 0.455. The molecular weight excluding hydrogens is 396 g/mol. The number of para-hydroxylation sites is 1. The average Bonchev–Trinajstić information content (AvgIpc) is 3.43. The minimum absolute atomic E-state index is 0.0302. The quantitative estimate of drug-likeness (QED) is 0.681. The zero-order chi connectivity index (χ0) is 21.5. The molecule has 9 heteroatoms. The van der Waals surface area contributed by atoms with Crippen LogP contribution >= 0.6 is 0 Å². The van der Waals surface area contributed by atoms with Gasteiger partial charge >= 0.3 is 5.69 Å². The fourth-order valence-corrected chi connectivity index (χ4v) is 4.39. The molecule has 1 amide bonds. The van der Waals surface area contributed by atoms with Gasteiger partial charge in [-0.25, -0.2) is 9.48 Å². The van der Waals surface area contributed by atoms with E-state index in [9.17, 15) is 9.59 Å². The minimum atomic E-state index is -0.0623. The molecule has 9 nitrogen and oxygen atoms in total. The summed E-state index contributed by atoms with van der Waals surface area (Å²) in [5.41, 5.74) is 1.95. The first-order valence-corrected chi connectivity index (χ1v) is 10.7. The third-order valence-corrected chi connectivity index (χ3v) is 6.23. The van der Waals surface area contributed by atoms with Crippen LogP contribution in [-0.4, -0.2) is 55.6 Å². The molecule has 162 valence electrons. The number of benzene rings is 1. The topological polar surface area (TPSA) is 98.0 Å². The molecule has 0 spiro atoms. The lowest BCUT2D eigenvalue weighted by Crippen LogP contribution is -2.38. The van der Waals surface area contributed by atoms with Crippen LogP contribution in [0.3, 0.4) is 0 Å². The van der Waals surface area contributed by atoms with E-state index in [4.69, 9.17) is 4.74 Å². The van der Waals surface area contributed by atoms with Crippen molar-refractivity contribution in [3.8, 4) is 17.0 Å². The van der Waals surface area contributed by atoms with Gasteiger partial charge in [-0.2, -0.15) is 10.2 Å². The van der Waals surface area contributed by atoms with Crippen LogP contribution < -0.4 is 10.4 Å². The van der Waals surface area contributed by atoms with Crippen molar-refractivity contribution in [2.24, 2.45) is 7.05 Å². The Hall–Kier alpha value is -3.36. The van der Waals surface area contributed by atoms with Crippen molar-refractivity contribution in [2.75, 3.05) is 20.2 Å². The molecule has 1 aliphatic heterocycles. The van der Waals surface area contributed by atoms with Gasteiger partial charge in [-0.3, -0.25) is 14.5 Å². The van der Waals surface area contributed by atoms with Crippen LogP contribution in [0.15, 0.2) is 35.1 Å². The molecule has 1 saturated carbocycles. The number of piperidine rings is 1. The maximum Gasteiger partial charge on any atom is 0.345 e. The zero-order valence-corrected chi connectivity index (χ0v) is 17.7. The number of rotatable bonds is 5. The van der Waals surface area contributed by atoms with Crippen LogP contribution in [0, 0.1) is 0 Å². The Morgan fingerprint density at radius 1 is 1.16 bits per heavy atom. The molecule has 1 aliphatic carbocycles. The Kier molecular flexibility index (Phi) is 4.88. The van der Waals surface area contributed by atoms with Crippen molar-refractivity contribution < 1.29 is 9.53 Å². The SMILES string of the molecule is COc1ccccc1-c1cc(C(=O)N2CCC(c3nn(C)c(=O)n3C3CC3)CC2)[nH]n1. The van der Waals surface area contributed by atoms with Gasteiger partial charge in [0.2, 0.25) is 0 Å². The monoisotopic (exact) mass is 422 g/mol. The summed E-state index contributed by atoms with van der Waals surface area (Å²) < 4.78 is 8.71. The van der Waals surface area contributed by atoms with Crippen molar-refractivity contribution in [3.63, 3.8) is 0 Å². The molecular formula is C22H26N6O3. The van der Waals surface area contributed by atoms with Crippen LogP contribution in [0.25, 0.3) is 11.3 Å². The van der Waals surface area contributed by atoms with Crippen molar-refractivity contribution in [2.45, 2.75) is 37.6 Å². The number of aromatic nitrogens is 5. The van der Waals surface area contributed by atoms with Crippen LogP contribution in [0.1, 0.15) is 54.0 Å². The van der Waals surface area contributed by atoms with Crippen molar-refractivity contribution in [3.05, 3.63) is 52.3 Å². The molecule has 31 heavy (non-hydrogen) atoms. The number of nitrogens with zero attached hydrogens (tertiary/aromatic N) is 5. The van der Waals surface area contributed by atoms with Gasteiger partial charge in [0.25, 0.3) is 5.91 Å². The molecule has 2 fully saturated rings. The van der Waals surface area contributed by atoms with E-state index in [1.165, 1.54) is 4.68 Å². The number of likely N-dealkylation sites (tertiary alicyclic amines) is 1. The second-order valence-corrected chi connectivity index (χ2v) is 8.30. The summed E-state index contributed by atoms with van der Waals surface area (Å²) in [6, 6.07) is 9.67. The number of amides is 1. The molecule has 2 aromatic heterocycles. The highest BCUT2D eigenvalue weighted by molar-refractivity contribution is 5.93. The second kappa shape index (κ2) is 7.72. The van der Waals surface area contributed by atoms with Gasteiger partial charge < -0.3 is 9.64 Å². The Labute approximate surface area is 179 Å². The molecule has 0 radical (unpaired) electrons. The fourth-order valence-electron chi connectivity index (χ4n) is 4.39. The second-order valence-electron chi connectivity index (χ2n) is 8.30. The average molecular weight is 422 g/mol. The van der Waals surface area contributed by atoms with E-state index in [1.807, 2.05) is 33.7 Å². The predicted molar refractivity (Wildman–Crippen MR) is 114 cm³/mol. The van der Waals surface area contributed by atoms with Crippen LogP contribution in [0.2, 0.25) is 0 Å². The van der Waals surface area contributed by atoms with Gasteiger partial charge in [-0.05, 0) is 43.9 Å². The van der Waals surface area contributed by atoms with E-state index >= 15 is 0 Å². The lowest BCUT2D eigenvalue weighted by molar-refractivity contribution is 0.0704. The van der Waals surface area contributed by atoms with E-state index < -0.39 is 0 Å². The number of methoxy groups -OCH3 is 1. The lowest BCUT2D eigenvalue weighted by Gasteiger charge is -2.31. The summed E-state index contributed by atoms with van der Waals surface area (Å²) in [4.78, 5) is 27.3. The van der Waals surface area contributed by atoms with Gasteiger partial charge in [0, 0.05) is 37.7 Å². The standard InChI is InChI=1S/C22H26N6O3/c1-26-22(30)28(15-7-8-15)20(25-26)14-9-11-27(12-10-14)21(29)18-13-17(23-24-18)16-5-3-4-6-19(16)31-2/h3-6,13-15H,7-12H2,1-2H3,(H,23,24). The number of nitrogens with one attached hydrogen (secondary N) is 1. The number of aromatic amines is 1. The highest BCUT2D eigenvalue weighted by Gasteiger charge is 2.34. The van der Waals surface area contributed by atoms with Crippen LogP contribution in [0.4, 0.5) is 0 Å². The Morgan fingerprint density at radius 3 is 2.61 bits per heavy atom. The maximum atomic E-state index is 13.0. The van der Waals surface area contributed by atoms with Crippen molar-refractivity contribution in [1.82, 2.24) is 29.4 Å². The van der Waals surface area contributed by atoms with E-state index in [1.54, 1.807) is 20.2 Å². The first-order chi connectivity index (χ1) is 15.1. The molecule has 3 aromatic rings. The Balaban J connectivity index is 1.29. The number of hydrogen-bond acceptors (Lipinski definition) is 5. The predicted octanol–water partition coefficient (Wildman–Crippen LogP) is 2.34. The number of aryl methyl sites for hydroxylation is 1. The van der Waals surface area contributed by atoms with Gasteiger partial charge in [-0.1, -0.05) is 12.1 Å². The smallest absolute Gasteiger partial charge is 0.345 e. The molecule has 2 aliphatic rings. The third kappa shape index (κ3) is 3.54. The summed E-state index contributed by atoms with van der Waals surface area (Å²) >= 11 is 0. The molecule has 0 bridgehead atoms. The summed E-state index contributed by atoms with van der Waals surface area (Å²) in [6.45, 7) is 1.25. The normalized spacial score (nSPS) is 17.2. The van der Waals surface area contributed by atoms with Gasteiger partial charge in [-0.15, -0.1) is 0 Å². The Morgan fingerprint density at radius 2 is 1.90 bits per heavy atom. The number of carbonyl (C=O) groups is 1. The summed E-state index contributed by atoms with van der Waals surface area (Å²) in [5, 5.41) is 11.7. The van der Waals surface area contributed by atoms with Crippen molar-refractivity contribution >= 4 is 5.91 Å². The van der Waals surface area contributed by atoms with E-state index in [-0.39, 0.29) is 17.5 Å². The Bertz CT molecular complexity index is 1160. The van der Waals surface area contributed by atoms with Crippen LogP contribution in [-0.2, 0) is 7.05 Å². The number of H-pyrrole nitrogens is 1. The number of ether oxygens (including phenoxy) is 1. The molecule has 0 atom stereocenters. The first kappa shape index (κ1) is 19.6. The minimum Gasteiger partial charge on any atom is -0.496 e. The summed E-state index contributed by atoms with van der Waals surface area (Å²) in [6.07, 6.45) is 3.68. The molecule has 5 rings (SSSR count). The van der Waals surface area contributed by atoms with Crippen LogP contribution in [0.5, 0.6) is 5.75 Å². The molecule has 0 unspecified atom stereocenters. The number of hydrogen-bond donors (Lipinski definition) is 1. The van der Waals surface area contributed by atoms with E-state index in [0.717, 1.165) is 37.1 Å². The van der Waals surface area contributed by atoms with Gasteiger partial charge in [0.05, 0.1) is 12.8 Å². The number of carbonyl (C=O) groups excluding carboxylic acids is 1. The highest BCUT2D eigenvalue weighted by Crippen LogP contribution is 2.37. The van der Waals surface area contributed by atoms with Gasteiger partial charge in [0.15, 0.2) is 0 Å². The van der Waals surface area contributed by atoms with Gasteiger partial charge in [0.1, 0.15) is 17.3 Å². The van der Waals surface area contributed by atoms with E-state index in [2.05, 4.69) is 15.3 Å². The maximum absolute atomic E-state index is 13.0. The third-order valence-electron chi connectivity index (χ3n) is 6.23. The highest BCUT2D eigenvalue weighted by atomic mass is 16.5. The molecule has 1 saturated heterocycles. The lowest BCUT2D eigenvalue weighted by atomic mass is 9.95. The molecule has 1 aromatic carbocycles. The summed E-state index contributed by atoms with van der Waals surface area (Å²) in [5.74, 6) is 1.73.